The summed E-state index contributed by atoms with van der Waals surface area (Å²) in [5, 5.41) is 3.40. The summed E-state index contributed by atoms with van der Waals surface area (Å²) in [5.74, 6) is 0. The standard InChI is InChI=1S/C8H16N2/c1-3-6-10-7-4-5-9-8(10)2/h3,8-9H,1,4-7H2,2H3. The first kappa shape index (κ1) is 7.76. The number of hydrogen-bond donors (Lipinski definition) is 1. The van der Waals surface area contributed by atoms with E-state index in [1.807, 2.05) is 6.08 Å². The maximum absolute atomic E-state index is 3.72. The first-order valence-electron chi connectivity index (χ1n) is 3.93. The molecule has 1 heterocycles. The van der Waals surface area contributed by atoms with Crippen LogP contribution in [0.15, 0.2) is 12.7 Å². The molecule has 1 atom stereocenters. The monoisotopic (exact) mass is 140 g/mol. The second kappa shape index (κ2) is 3.74. The summed E-state index contributed by atoms with van der Waals surface area (Å²) in [7, 11) is 0. The molecule has 1 fully saturated rings. The van der Waals surface area contributed by atoms with E-state index in [2.05, 4.69) is 23.7 Å². The molecule has 58 valence electrons. The lowest BCUT2D eigenvalue weighted by Crippen LogP contribution is -2.49. The SMILES string of the molecule is C=CCN1CCCNC1C. The van der Waals surface area contributed by atoms with Gasteiger partial charge < -0.3 is 5.32 Å². The van der Waals surface area contributed by atoms with Gasteiger partial charge in [-0.15, -0.1) is 6.58 Å². The fourth-order valence-corrected chi connectivity index (χ4v) is 1.33. The molecular formula is C8H16N2. The Morgan fingerprint density at radius 1 is 1.80 bits per heavy atom. The molecular weight excluding hydrogens is 124 g/mol. The van der Waals surface area contributed by atoms with E-state index in [-0.39, 0.29) is 0 Å². The van der Waals surface area contributed by atoms with Gasteiger partial charge in [-0.05, 0) is 19.9 Å². The molecule has 2 heteroatoms. The minimum absolute atomic E-state index is 0.534. The highest BCUT2D eigenvalue weighted by Crippen LogP contribution is 2.02. The summed E-state index contributed by atoms with van der Waals surface area (Å²) < 4.78 is 0. The van der Waals surface area contributed by atoms with Gasteiger partial charge in [-0.25, -0.2) is 0 Å². The molecule has 1 saturated heterocycles. The van der Waals surface area contributed by atoms with Crippen molar-refractivity contribution in [1.29, 1.82) is 0 Å². The van der Waals surface area contributed by atoms with Crippen LogP contribution in [0, 0.1) is 0 Å². The van der Waals surface area contributed by atoms with Crippen molar-refractivity contribution < 1.29 is 0 Å². The van der Waals surface area contributed by atoms with Crippen LogP contribution in [0.4, 0.5) is 0 Å². The zero-order chi connectivity index (χ0) is 7.40. The van der Waals surface area contributed by atoms with Gasteiger partial charge >= 0.3 is 0 Å². The van der Waals surface area contributed by atoms with Crippen LogP contribution in [0.1, 0.15) is 13.3 Å². The van der Waals surface area contributed by atoms with E-state index in [1.165, 1.54) is 13.0 Å². The molecule has 1 aliphatic rings. The first-order chi connectivity index (χ1) is 4.84. The molecule has 1 unspecified atom stereocenters. The van der Waals surface area contributed by atoms with Gasteiger partial charge in [-0.1, -0.05) is 6.08 Å². The van der Waals surface area contributed by atoms with Gasteiger partial charge in [0.25, 0.3) is 0 Å². The Morgan fingerprint density at radius 2 is 2.60 bits per heavy atom. The molecule has 0 saturated carbocycles. The van der Waals surface area contributed by atoms with Crippen molar-refractivity contribution in [2.75, 3.05) is 19.6 Å². The lowest BCUT2D eigenvalue weighted by atomic mass is 10.2. The molecule has 0 bridgehead atoms. The maximum Gasteiger partial charge on any atom is 0.0570 e. The van der Waals surface area contributed by atoms with E-state index in [9.17, 15) is 0 Å². The maximum atomic E-state index is 3.72. The van der Waals surface area contributed by atoms with Gasteiger partial charge in [0, 0.05) is 13.1 Å². The van der Waals surface area contributed by atoms with Gasteiger partial charge in [0.15, 0.2) is 0 Å². The molecule has 0 aromatic rings. The molecule has 0 amide bonds. The van der Waals surface area contributed by atoms with Crippen LogP contribution < -0.4 is 5.32 Å². The van der Waals surface area contributed by atoms with Gasteiger partial charge in [0.1, 0.15) is 0 Å². The summed E-state index contributed by atoms with van der Waals surface area (Å²) in [5.41, 5.74) is 0. The Morgan fingerprint density at radius 3 is 3.20 bits per heavy atom. The number of nitrogens with zero attached hydrogens (tertiary/aromatic N) is 1. The molecule has 1 aliphatic heterocycles. The molecule has 0 aliphatic carbocycles. The van der Waals surface area contributed by atoms with E-state index in [0.29, 0.717) is 6.17 Å². The zero-order valence-corrected chi connectivity index (χ0v) is 6.64. The third-order valence-electron chi connectivity index (χ3n) is 1.97. The van der Waals surface area contributed by atoms with Crippen LogP contribution in [0.3, 0.4) is 0 Å². The van der Waals surface area contributed by atoms with E-state index in [1.54, 1.807) is 0 Å². The van der Waals surface area contributed by atoms with Crippen LogP contribution in [-0.2, 0) is 0 Å². The van der Waals surface area contributed by atoms with Crippen molar-refractivity contribution in [3.8, 4) is 0 Å². The smallest absolute Gasteiger partial charge is 0.0570 e. The van der Waals surface area contributed by atoms with Crippen molar-refractivity contribution in [3.63, 3.8) is 0 Å². The van der Waals surface area contributed by atoms with Crippen molar-refractivity contribution in [3.05, 3.63) is 12.7 Å². The predicted octanol–water partition coefficient (Wildman–Crippen LogP) is 0.814. The molecule has 2 nitrogen and oxygen atoms in total. The topological polar surface area (TPSA) is 15.3 Å². The van der Waals surface area contributed by atoms with Crippen molar-refractivity contribution >= 4 is 0 Å². The third kappa shape index (κ3) is 1.82. The largest absolute Gasteiger partial charge is 0.302 e. The minimum Gasteiger partial charge on any atom is -0.302 e. The Labute approximate surface area is 62.9 Å². The summed E-state index contributed by atoms with van der Waals surface area (Å²) in [6.45, 7) is 9.30. The average Bonchev–Trinajstić information content (AvgIpc) is 1.94. The average molecular weight is 140 g/mol. The van der Waals surface area contributed by atoms with Crippen molar-refractivity contribution in [1.82, 2.24) is 10.2 Å². The molecule has 10 heavy (non-hydrogen) atoms. The number of rotatable bonds is 2. The predicted molar refractivity (Wildman–Crippen MR) is 43.9 cm³/mol. The fourth-order valence-electron chi connectivity index (χ4n) is 1.33. The summed E-state index contributed by atoms with van der Waals surface area (Å²) in [4.78, 5) is 2.39. The molecule has 0 aromatic heterocycles. The zero-order valence-electron chi connectivity index (χ0n) is 6.64. The molecule has 1 rings (SSSR count). The molecule has 0 spiro atoms. The van der Waals surface area contributed by atoms with Crippen LogP contribution >= 0.6 is 0 Å². The summed E-state index contributed by atoms with van der Waals surface area (Å²) in [6, 6.07) is 0. The van der Waals surface area contributed by atoms with E-state index in [4.69, 9.17) is 0 Å². The highest BCUT2D eigenvalue weighted by atomic mass is 15.3. The molecule has 0 aromatic carbocycles. The number of hydrogen-bond acceptors (Lipinski definition) is 2. The Kier molecular flexibility index (Phi) is 2.90. The van der Waals surface area contributed by atoms with Crippen LogP contribution in [-0.4, -0.2) is 30.7 Å². The van der Waals surface area contributed by atoms with Crippen molar-refractivity contribution in [2.24, 2.45) is 0 Å². The fraction of sp³-hybridized carbons (Fsp3) is 0.750. The van der Waals surface area contributed by atoms with Gasteiger partial charge in [-0.3, -0.25) is 4.90 Å². The highest BCUT2D eigenvalue weighted by molar-refractivity contribution is 4.79. The van der Waals surface area contributed by atoms with Crippen LogP contribution in [0.25, 0.3) is 0 Å². The third-order valence-corrected chi connectivity index (χ3v) is 1.97. The Balaban J connectivity index is 2.32. The van der Waals surface area contributed by atoms with E-state index < -0.39 is 0 Å². The van der Waals surface area contributed by atoms with E-state index in [0.717, 1.165) is 13.1 Å². The van der Waals surface area contributed by atoms with Crippen molar-refractivity contribution in [2.45, 2.75) is 19.5 Å². The summed E-state index contributed by atoms with van der Waals surface area (Å²) >= 11 is 0. The number of nitrogens with one attached hydrogen (secondary N) is 1. The van der Waals surface area contributed by atoms with Crippen LogP contribution in [0.2, 0.25) is 0 Å². The first-order valence-corrected chi connectivity index (χ1v) is 3.93. The second-order valence-electron chi connectivity index (χ2n) is 2.77. The van der Waals surface area contributed by atoms with Crippen LogP contribution in [0.5, 0.6) is 0 Å². The minimum atomic E-state index is 0.534. The summed E-state index contributed by atoms with van der Waals surface area (Å²) in [6.07, 6.45) is 3.76. The molecule has 0 radical (unpaired) electrons. The lowest BCUT2D eigenvalue weighted by Gasteiger charge is -2.33. The molecule has 1 N–H and O–H groups in total. The quantitative estimate of drug-likeness (QED) is 0.571. The van der Waals surface area contributed by atoms with Gasteiger partial charge in [0.05, 0.1) is 6.17 Å². The van der Waals surface area contributed by atoms with Gasteiger partial charge in [0.2, 0.25) is 0 Å². The van der Waals surface area contributed by atoms with Gasteiger partial charge in [-0.2, -0.15) is 0 Å². The normalized spacial score (nSPS) is 28.3. The Hall–Kier alpha value is -0.340. The lowest BCUT2D eigenvalue weighted by molar-refractivity contribution is 0.161. The highest BCUT2D eigenvalue weighted by Gasteiger charge is 2.14. The van der Waals surface area contributed by atoms with E-state index >= 15 is 0 Å². The Bertz CT molecular complexity index is 112. The second-order valence-corrected chi connectivity index (χ2v) is 2.77.